The van der Waals surface area contributed by atoms with Crippen molar-refractivity contribution >= 4 is 5.91 Å². The molecule has 0 fully saturated rings. The first-order chi connectivity index (χ1) is 8.49. The summed E-state index contributed by atoms with van der Waals surface area (Å²) in [4.78, 5) is 12.8. The molecule has 1 aromatic rings. The summed E-state index contributed by atoms with van der Waals surface area (Å²) < 4.78 is 5.35. The predicted octanol–water partition coefficient (Wildman–Crippen LogP) is 1.77. The van der Waals surface area contributed by atoms with Gasteiger partial charge in [-0.2, -0.15) is 0 Å². The lowest BCUT2D eigenvalue weighted by molar-refractivity contribution is -0.133. The molecule has 1 aromatic carbocycles. The molecule has 0 bridgehead atoms. The maximum Gasteiger partial charge on any atom is 0.248 e. The number of carbonyl (C=O) groups excluding carboxylic acids is 1. The van der Waals surface area contributed by atoms with Crippen LogP contribution in [0.15, 0.2) is 18.2 Å². The number of ether oxygens (including phenoxy) is 1. The van der Waals surface area contributed by atoms with Crippen LogP contribution in [0.2, 0.25) is 0 Å². The number of hydrogen-bond acceptors (Lipinski definition) is 3. The fraction of sp³-hybridized carbons (Fsp3) is 0.500. The van der Waals surface area contributed by atoms with Crippen LogP contribution in [0.25, 0.3) is 0 Å². The molecule has 1 amide bonds. The van der Waals surface area contributed by atoms with Crippen molar-refractivity contribution in [1.29, 1.82) is 0 Å². The summed E-state index contributed by atoms with van der Waals surface area (Å²) in [7, 11) is 3.28. The second kappa shape index (κ2) is 6.40. The average molecular weight is 251 g/mol. The normalized spacial score (nSPS) is 10.6. The molecule has 4 nitrogen and oxygen atoms in total. The minimum Gasteiger partial charge on any atom is -0.496 e. The van der Waals surface area contributed by atoms with Crippen LogP contribution in [-0.4, -0.2) is 36.7 Å². The summed E-state index contributed by atoms with van der Waals surface area (Å²) in [6, 6.07) is 6.01. The van der Waals surface area contributed by atoms with Crippen LogP contribution in [0.1, 0.15) is 30.9 Å². The van der Waals surface area contributed by atoms with E-state index in [-0.39, 0.29) is 5.91 Å². The second-order valence-electron chi connectivity index (χ2n) is 4.63. The van der Waals surface area contributed by atoms with Crippen LogP contribution in [-0.2, 0) is 11.3 Å². The largest absolute Gasteiger partial charge is 0.496 e. The smallest absolute Gasteiger partial charge is 0.248 e. The molecule has 0 aliphatic carbocycles. The molecule has 0 spiro atoms. The number of hydrogen-bond donors (Lipinski definition) is 1. The molecule has 0 atom stereocenters. The van der Waals surface area contributed by atoms with Crippen LogP contribution in [0.5, 0.6) is 5.75 Å². The monoisotopic (exact) mass is 251 g/mol. The molecule has 0 aromatic heterocycles. The molecule has 1 rings (SSSR count). The number of aliphatic hydroxyl groups excluding tert-OH is 1. The number of carbonyl (C=O) groups is 1. The van der Waals surface area contributed by atoms with E-state index in [1.54, 1.807) is 14.2 Å². The summed E-state index contributed by atoms with van der Waals surface area (Å²) in [5.41, 5.74) is 2.14. The standard InChI is InChI=1S/C14H21NO3/c1-10(2)11-5-6-12(13(7-11)18-4)8-15(3)14(17)9-16/h5-7,10,16H,8-9H2,1-4H3. The van der Waals surface area contributed by atoms with Gasteiger partial charge in [0.15, 0.2) is 0 Å². The van der Waals surface area contributed by atoms with Gasteiger partial charge in [-0.25, -0.2) is 0 Å². The third-order valence-electron chi connectivity index (χ3n) is 2.95. The quantitative estimate of drug-likeness (QED) is 0.867. The van der Waals surface area contributed by atoms with Crippen LogP contribution in [0.3, 0.4) is 0 Å². The number of likely N-dealkylation sites (N-methyl/N-ethyl adjacent to an activating group) is 1. The maximum atomic E-state index is 11.3. The lowest BCUT2D eigenvalue weighted by Crippen LogP contribution is -2.28. The van der Waals surface area contributed by atoms with Crippen molar-refractivity contribution in [1.82, 2.24) is 4.90 Å². The highest BCUT2D eigenvalue weighted by Gasteiger charge is 2.12. The zero-order valence-corrected chi connectivity index (χ0v) is 11.4. The Balaban J connectivity index is 2.92. The number of methoxy groups -OCH3 is 1. The molecule has 0 heterocycles. The van der Waals surface area contributed by atoms with E-state index in [1.807, 2.05) is 18.2 Å². The van der Waals surface area contributed by atoms with E-state index in [1.165, 1.54) is 10.5 Å². The van der Waals surface area contributed by atoms with Crippen LogP contribution < -0.4 is 4.74 Å². The molecule has 0 aliphatic heterocycles. The van der Waals surface area contributed by atoms with Crippen molar-refractivity contribution in [2.75, 3.05) is 20.8 Å². The Kier molecular flexibility index (Phi) is 5.16. The van der Waals surface area contributed by atoms with Gasteiger partial charge in [-0.05, 0) is 17.5 Å². The van der Waals surface area contributed by atoms with Gasteiger partial charge in [-0.15, -0.1) is 0 Å². The summed E-state index contributed by atoms with van der Waals surface area (Å²) in [5.74, 6) is 0.911. The predicted molar refractivity (Wildman–Crippen MR) is 70.6 cm³/mol. The molecule has 0 radical (unpaired) electrons. The molecule has 1 N–H and O–H groups in total. The summed E-state index contributed by atoms with van der Waals surface area (Å²) >= 11 is 0. The first-order valence-electron chi connectivity index (χ1n) is 6.01. The molecular formula is C14H21NO3. The lowest BCUT2D eigenvalue weighted by atomic mass is 10.0. The number of benzene rings is 1. The molecule has 0 unspecified atom stereocenters. The second-order valence-corrected chi connectivity index (χ2v) is 4.63. The topological polar surface area (TPSA) is 49.8 Å². The van der Waals surface area contributed by atoms with Gasteiger partial charge in [0.2, 0.25) is 5.91 Å². The minimum absolute atomic E-state index is 0.301. The van der Waals surface area contributed by atoms with Crippen LogP contribution >= 0.6 is 0 Å². The highest BCUT2D eigenvalue weighted by molar-refractivity contribution is 5.76. The van der Waals surface area contributed by atoms with E-state index in [0.29, 0.717) is 12.5 Å². The Morgan fingerprint density at radius 1 is 1.44 bits per heavy atom. The van der Waals surface area contributed by atoms with Crippen molar-refractivity contribution in [3.63, 3.8) is 0 Å². The molecule has 18 heavy (non-hydrogen) atoms. The Morgan fingerprint density at radius 3 is 2.61 bits per heavy atom. The van der Waals surface area contributed by atoms with Gasteiger partial charge in [0.1, 0.15) is 12.4 Å². The first-order valence-corrected chi connectivity index (χ1v) is 6.01. The lowest BCUT2D eigenvalue weighted by Gasteiger charge is -2.19. The summed E-state index contributed by atoms with van der Waals surface area (Å²) in [5, 5.41) is 8.80. The Bertz CT molecular complexity index is 416. The minimum atomic E-state index is -0.469. The van der Waals surface area contributed by atoms with Crippen molar-refractivity contribution in [3.8, 4) is 5.75 Å². The van der Waals surface area contributed by atoms with Gasteiger partial charge < -0.3 is 14.7 Å². The van der Waals surface area contributed by atoms with Gasteiger partial charge >= 0.3 is 0 Å². The van der Waals surface area contributed by atoms with Crippen molar-refractivity contribution in [2.45, 2.75) is 26.3 Å². The third-order valence-corrected chi connectivity index (χ3v) is 2.95. The number of aliphatic hydroxyl groups is 1. The number of nitrogens with zero attached hydrogens (tertiary/aromatic N) is 1. The number of rotatable bonds is 5. The van der Waals surface area contributed by atoms with Crippen molar-refractivity contribution < 1.29 is 14.6 Å². The maximum absolute atomic E-state index is 11.3. The fourth-order valence-corrected chi connectivity index (χ4v) is 1.72. The van der Waals surface area contributed by atoms with E-state index in [2.05, 4.69) is 13.8 Å². The molecular weight excluding hydrogens is 230 g/mol. The molecule has 0 aliphatic rings. The van der Waals surface area contributed by atoms with Crippen LogP contribution in [0, 0.1) is 0 Å². The average Bonchev–Trinajstić information content (AvgIpc) is 2.37. The van der Waals surface area contributed by atoms with Crippen molar-refractivity contribution in [3.05, 3.63) is 29.3 Å². The Morgan fingerprint density at radius 2 is 2.11 bits per heavy atom. The molecule has 100 valence electrons. The number of amides is 1. The molecule has 0 saturated carbocycles. The van der Waals surface area contributed by atoms with Gasteiger partial charge in [0, 0.05) is 19.2 Å². The van der Waals surface area contributed by atoms with Gasteiger partial charge in [0.05, 0.1) is 7.11 Å². The van der Waals surface area contributed by atoms with E-state index >= 15 is 0 Å². The Hall–Kier alpha value is -1.55. The third kappa shape index (κ3) is 3.47. The zero-order chi connectivity index (χ0) is 13.7. The highest BCUT2D eigenvalue weighted by Crippen LogP contribution is 2.25. The Labute approximate surface area is 108 Å². The van der Waals surface area contributed by atoms with Gasteiger partial charge in [-0.3, -0.25) is 4.79 Å². The van der Waals surface area contributed by atoms with E-state index in [0.717, 1.165) is 11.3 Å². The van der Waals surface area contributed by atoms with E-state index < -0.39 is 6.61 Å². The van der Waals surface area contributed by atoms with Crippen molar-refractivity contribution in [2.24, 2.45) is 0 Å². The SMILES string of the molecule is COc1cc(C(C)C)ccc1CN(C)C(=O)CO. The van der Waals surface area contributed by atoms with Gasteiger partial charge in [0.25, 0.3) is 0 Å². The summed E-state index contributed by atoms with van der Waals surface area (Å²) in [6.45, 7) is 4.20. The highest BCUT2D eigenvalue weighted by atomic mass is 16.5. The molecule has 0 saturated heterocycles. The first kappa shape index (κ1) is 14.5. The van der Waals surface area contributed by atoms with Crippen LogP contribution in [0.4, 0.5) is 0 Å². The molecule has 4 heteroatoms. The zero-order valence-electron chi connectivity index (χ0n) is 11.4. The van der Waals surface area contributed by atoms with E-state index in [4.69, 9.17) is 9.84 Å². The van der Waals surface area contributed by atoms with Gasteiger partial charge in [-0.1, -0.05) is 26.0 Å². The van der Waals surface area contributed by atoms with E-state index in [9.17, 15) is 4.79 Å². The summed E-state index contributed by atoms with van der Waals surface area (Å²) in [6.07, 6.45) is 0. The fourth-order valence-electron chi connectivity index (χ4n) is 1.72.